The van der Waals surface area contributed by atoms with Crippen molar-refractivity contribution < 1.29 is 9.52 Å². The van der Waals surface area contributed by atoms with Gasteiger partial charge in [-0.25, -0.2) is 0 Å². The molecule has 3 nitrogen and oxygen atoms in total. The summed E-state index contributed by atoms with van der Waals surface area (Å²) in [6, 6.07) is 1.78. The van der Waals surface area contributed by atoms with Crippen LogP contribution in [0.3, 0.4) is 0 Å². The van der Waals surface area contributed by atoms with Crippen molar-refractivity contribution in [1.82, 2.24) is 0 Å². The van der Waals surface area contributed by atoms with Gasteiger partial charge >= 0.3 is 0 Å². The molecule has 0 saturated carbocycles. The predicted octanol–water partition coefficient (Wildman–Crippen LogP) is 1.69. The topological polar surface area (TPSA) is 59.4 Å². The average Bonchev–Trinajstić information content (AvgIpc) is 2.65. The van der Waals surface area contributed by atoms with Crippen LogP contribution in [0.5, 0.6) is 0 Å². The van der Waals surface area contributed by atoms with E-state index >= 15 is 0 Å². The quantitative estimate of drug-likeness (QED) is 0.730. The molecule has 1 rings (SSSR count). The van der Waals surface area contributed by atoms with E-state index in [1.54, 1.807) is 18.6 Å². The van der Waals surface area contributed by atoms with Crippen LogP contribution in [0.1, 0.15) is 31.4 Å². The SMILES string of the molecule is CCCC(CN)C(O)c1ccoc1. The van der Waals surface area contributed by atoms with Crippen LogP contribution in [0.15, 0.2) is 23.0 Å². The van der Waals surface area contributed by atoms with E-state index in [2.05, 4.69) is 6.92 Å². The normalized spacial score (nSPS) is 15.6. The van der Waals surface area contributed by atoms with Crippen LogP contribution >= 0.6 is 0 Å². The number of hydrogen-bond acceptors (Lipinski definition) is 3. The summed E-state index contributed by atoms with van der Waals surface area (Å²) in [6.45, 7) is 2.60. The number of rotatable bonds is 5. The van der Waals surface area contributed by atoms with E-state index in [9.17, 15) is 5.11 Å². The van der Waals surface area contributed by atoms with Gasteiger partial charge in [-0.3, -0.25) is 0 Å². The summed E-state index contributed by atoms with van der Waals surface area (Å²) in [6.07, 6.45) is 4.64. The summed E-state index contributed by atoms with van der Waals surface area (Å²) in [5.74, 6) is 0.141. The van der Waals surface area contributed by atoms with Crippen LogP contribution in [0.2, 0.25) is 0 Å². The summed E-state index contributed by atoms with van der Waals surface area (Å²) < 4.78 is 4.91. The smallest absolute Gasteiger partial charge is 0.0960 e. The lowest BCUT2D eigenvalue weighted by Crippen LogP contribution is -2.21. The van der Waals surface area contributed by atoms with Gasteiger partial charge in [0, 0.05) is 11.5 Å². The molecule has 0 amide bonds. The van der Waals surface area contributed by atoms with Crippen molar-refractivity contribution in [3.63, 3.8) is 0 Å². The lowest BCUT2D eigenvalue weighted by molar-refractivity contribution is 0.106. The zero-order chi connectivity index (χ0) is 9.68. The minimum atomic E-state index is -0.483. The summed E-state index contributed by atoms with van der Waals surface area (Å²) in [7, 11) is 0. The van der Waals surface area contributed by atoms with Crippen LogP contribution in [0.4, 0.5) is 0 Å². The third-order valence-electron chi connectivity index (χ3n) is 2.29. The van der Waals surface area contributed by atoms with Crippen molar-refractivity contribution in [3.05, 3.63) is 24.2 Å². The fraction of sp³-hybridized carbons (Fsp3) is 0.600. The highest BCUT2D eigenvalue weighted by Gasteiger charge is 2.19. The Labute approximate surface area is 78.5 Å². The molecule has 3 N–H and O–H groups in total. The van der Waals surface area contributed by atoms with Gasteiger partial charge in [0.15, 0.2) is 0 Å². The molecular weight excluding hydrogens is 166 g/mol. The number of aliphatic hydroxyl groups excluding tert-OH is 1. The number of furan rings is 1. The molecule has 0 aliphatic rings. The number of aliphatic hydroxyl groups is 1. The molecule has 0 aromatic carbocycles. The van der Waals surface area contributed by atoms with Gasteiger partial charge in [-0.2, -0.15) is 0 Å². The average molecular weight is 183 g/mol. The summed E-state index contributed by atoms with van der Waals surface area (Å²) in [5.41, 5.74) is 6.40. The van der Waals surface area contributed by atoms with Crippen molar-refractivity contribution >= 4 is 0 Å². The maximum absolute atomic E-state index is 9.86. The third-order valence-corrected chi connectivity index (χ3v) is 2.29. The van der Waals surface area contributed by atoms with Crippen molar-refractivity contribution in [3.8, 4) is 0 Å². The predicted molar refractivity (Wildman–Crippen MR) is 51.1 cm³/mol. The van der Waals surface area contributed by atoms with E-state index in [1.165, 1.54) is 0 Å². The summed E-state index contributed by atoms with van der Waals surface area (Å²) in [5, 5.41) is 9.86. The number of nitrogens with two attached hydrogens (primary N) is 1. The molecule has 0 aliphatic carbocycles. The summed E-state index contributed by atoms with van der Waals surface area (Å²) in [4.78, 5) is 0. The zero-order valence-electron chi connectivity index (χ0n) is 7.94. The molecule has 3 heteroatoms. The molecule has 1 heterocycles. The molecule has 2 unspecified atom stereocenters. The van der Waals surface area contributed by atoms with Gasteiger partial charge in [0.05, 0.1) is 18.6 Å². The molecule has 74 valence electrons. The second-order valence-electron chi connectivity index (χ2n) is 3.29. The van der Waals surface area contributed by atoms with E-state index in [1.807, 2.05) is 0 Å². The highest BCUT2D eigenvalue weighted by atomic mass is 16.3. The van der Waals surface area contributed by atoms with E-state index in [4.69, 9.17) is 10.2 Å². The Hall–Kier alpha value is -0.800. The molecule has 0 aliphatic heterocycles. The lowest BCUT2D eigenvalue weighted by Gasteiger charge is -2.19. The van der Waals surface area contributed by atoms with Gasteiger partial charge in [-0.05, 0) is 19.0 Å². The van der Waals surface area contributed by atoms with Crippen LogP contribution in [0, 0.1) is 5.92 Å². The highest BCUT2D eigenvalue weighted by Crippen LogP contribution is 2.24. The maximum atomic E-state index is 9.86. The first-order chi connectivity index (χ1) is 6.29. The molecular formula is C10H17NO2. The zero-order valence-corrected chi connectivity index (χ0v) is 7.94. The van der Waals surface area contributed by atoms with Gasteiger partial charge in [-0.1, -0.05) is 13.3 Å². The van der Waals surface area contributed by atoms with Crippen molar-refractivity contribution in [2.24, 2.45) is 11.7 Å². The van der Waals surface area contributed by atoms with E-state index in [0.29, 0.717) is 6.54 Å². The fourth-order valence-electron chi connectivity index (χ4n) is 1.49. The Morgan fingerprint density at radius 2 is 2.38 bits per heavy atom. The highest BCUT2D eigenvalue weighted by molar-refractivity contribution is 5.10. The monoisotopic (exact) mass is 183 g/mol. The molecule has 0 radical (unpaired) electrons. The molecule has 13 heavy (non-hydrogen) atoms. The first kappa shape index (κ1) is 10.3. The van der Waals surface area contributed by atoms with Crippen molar-refractivity contribution in [2.45, 2.75) is 25.9 Å². The van der Waals surface area contributed by atoms with Crippen molar-refractivity contribution in [1.29, 1.82) is 0 Å². The maximum Gasteiger partial charge on any atom is 0.0960 e. The fourth-order valence-corrected chi connectivity index (χ4v) is 1.49. The molecule has 0 spiro atoms. The Balaban J connectivity index is 2.58. The van der Waals surface area contributed by atoms with Crippen molar-refractivity contribution in [2.75, 3.05) is 6.54 Å². The first-order valence-electron chi connectivity index (χ1n) is 4.69. The second kappa shape index (κ2) is 5.04. The van der Waals surface area contributed by atoms with Crippen LogP contribution in [0.25, 0.3) is 0 Å². The Morgan fingerprint density at radius 3 is 2.85 bits per heavy atom. The Bertz CT molecular complexity index is 221. The van der Waals surface area contributed by atoms with Crippen LogP contribution in [-0.4, -0.2) is 11.7 Å². The first-order valence-corrected chi connectivity index (χ1v) is 4.69. The van der Waals surface area contributed by atoms with E-state index < -0.39 is 6.10 Å². The molecule has 0 saturated heterocycles. The standard InChI is InChI=1S/C10H17NO2/c1-2-3-8(6-11)10(12)9-4-5-13-7-9/h4-5,7-8,10,12H,2-3,6,11H2,1H3. The van der Waals surface area contributed by atoms with E-state index in [-0.39, 0.29) is 5.92 Å². The largest absolute Gasteiger partial charge is 0.472 e. The molecule has 0 bridgehead atoms. The van der Waals surface area contributed by atoms with Gasteiger partial charge in [-0.15, -0.1) is 0 Å². The molecule has 2 atom stereocenters. The Kier molecular flexibility index (Phi) is 3.99. The van der Waals surface area contributed by atoms with Gasteiger partial charge < -0.3 is 15.3 Å². The molecule has 1 aromatic rings. The third kappa shape index (κ3) is 2.57. The second-order valence-corrected chi connectivity index (χ2v) is 3.29. The summed E-state index contributed by atoms with van der Waals surface area (Å²) >= 11 is 0. The van der Waals surface area contributed by atoms with Gasteiger partial charge in [0.1, 0.15) is 0 Å². The number of hydrogen-bond donors (Lipinski definition) is 2. The van der Waals surface area contributed by atoms with Crippen LogP contribution < -0.4 is 5.73 Å². The van der Waals surface area contributed by atoms with E-state index in [0.717, 1.165) is 18.4 Å². The Morgan fingerprint density at radius 1 is 1.62 bits per heavy atom. The lowest BCUT2D eigenvalue weighted by atomic mass is 9.93. The van der Waals surface area contributed by atoms with Gasteiger partial charge in [0.2, 0.25) is 0 Å². The minimum absolute atomic E-state index is 0.141. The molecule has 0 fully saturated rings. The minimum Gasteiger partial charge on any atom is -0.472 e. The van der Waals surface area contributed by atoms with Crippen LogP contribution in [-0.2, 0) is 0 Å². The molecule has 1 aromatic heterocycles. The van der Waals surface area contributed by atoms with Gasteiger partial charge in [0.25, 0.3) is 0 Å².